The number of hydrogen-bond donors (Lipinski definition) is 1. The standard InChI is InChI=1S/C10H18N2O.ClH/c11-9-4-3-8(7-9)10(13)12-5-1-2-6-12;/h8-9H,1-7,11H2;1H/t8-,9+;/m1./s1. The van der Waals surface area contributed by atoms with Crippen molar-refractivity contribution in [3.63, 3.8) is 0 Å². The number of carbonyl (C=O) groups is 1. The van der Waals surface area contributed by atoms with E-state index in [4.69, 9.17) is 5.73 Å². The van der Waals surface area contributed by atoms with Crippen molar-refractivity contribution >= 4 is 18.3 Å². The van der Waals surface area contributed by atoms with E-state index < -0.39 is 0 Å². The van der Waals surface area contributed by atoms with Crippen molar-refractivity contribution in [3.05, 3.63) is 0 Å². The van der Waals surface area contributed by atoms with Crippen LogP contribution in [-0.2, 0) is 4.79 Å². The van der Waals surface area contributed by atoms with E-state index in [9.17, 15) is 4.79 Å². The summed E-state index contributed by atoms with van der Waals surface area (Å²) < 4.78 is 0. The fourth-order valence-corrected chi connectivity index (χ4v) is 2.44. The molecular weight excluding hydrogens is 200 g/mol. The number of nitrogens with two attached hydrogens (primary N) is 1. The van der Waals surface area contributed by atoms with Gasteiger partial charge in [-0.2, -0.15) is 0 Å². The Hall–Kier alpha value is -0.280. The minimum atomic E-state index is 0. The molecule has 4 heteroatoms. The first-order chi connectivity index (χ1) is 6.27. The van der Waals surface area contributed by atoms with Gasteiger partial charge in [-0.15, -0.1) is 12.4 Å². The van der Waals surface area contributed by atoms with Crippen molar-refractivity contribution in [2.45, 2.75) is 38.1 Å². The van der Waals surface area contributed by atoms with Crippen molar-refractivity contribution in [2.75, 3.05) is 13.1 Å². The number of halogens is 1. The number of amides is 1. The Morgan fingerprint density at radius 2 is 1.86 bits per heavy atom. The Balaban J connectivity index is 0.000000980. The van der Waals surface area contributed by atoms with Crippen molar-refractivity contribution < 1.29 is 4.79 Å². The molecule has 2 N–H and O–H groups in total. The van der Waals surface area contributed by atoms with Crippen LogP contribution < -0.4 is 5.73 Å². The van der Waals surface area contributed by atoms with Crippen LogP contribution in [0.5, 0.6) is 0 Å². The minimum absolute atomic E-state index is 0. The van der Waals surface area contributed by atoms with Gasteiger partial charge in [-0.25, -0.2) is 0 Å². The van der Waals surface area contributed by atoms with E-state index in [1.54, 1.807) is 0 Å². The lowest BCUT2D eigenvalue weighted by molar-refractivity contribution is -0.134. The molecule has 14 heavy (non-hydrogen) atoms. The predicted octanol–water partition coefficient (Wildman–Crippen LogP) is 1.16. The van der Waals surface area contributed by atoms with E-state index in [0.717, 1.165) is 32.4 Å². The van der Waals surface area contributed by atoms with Crippen LogP contribution in [0.2, 0.25) is 0 Å². The first-order valence-electron chi connectivity index (χ1n) is 5.32. The van der Waals surface area contributed by atoms with Crippen LogP contribution in [0.1, 0.15) is 32.1 Å². The first kappa shape index (κ1) is 11.8. The van der Waals surface area contributed by atoms with Crippen molar-refractivity contribution in [1.82, 2.24) is 4.90 Å². The summed E-state index contributed by atoms with van der Waals surface area (Å²) >= 11 is 0. The highest BCUT2D eigenvalue weighted by Crippen LogP contribution is 2.27. The van der Waals surface area contributed by atoms with Gasteiger partial charge < -0.3 is 10.6 Å². The van der Waals surface area contributed by atoms with Gasteiger partial charge in [0, 0.05) is 25.0 Å². The van der Waals surface area contributed by atoms with E-state index in [1.807, 2.05) is 4.90 Å². The second-order valence-corrected chi connectivity index (χ2v) is 4.30. The monoisotopic (exact) mass is 218 g/mol. The number of hydrogen-bond acceptors (Lipinski definition) is 2. The molecule has 1 aliphatic carbocycles. The maximum absolute atomic E-state index is 11.9. The zero-order chi connectivity index (χ0) is 9.26. The van der Waals surface area contributed by atoms with Crippen molar-refractivity contribution in [3.8, 4) is 0 Å². The van der Waals surface area contributed by atoms with Gasteiger partial charge in [0.1, 0.15) is 0 Å². The Morgan fingerprint density at radius 3 is 2.36 bits per heavy atom. The molecule has 0 unspecified atom stereocenters. The van der Waals surface area contributed by atoms with Gasteiger partial charge in [0.15, 0.2) is 0 Å². The Morgan fingerprint density at radius 1 is 1.21 bits per heavy atom. The first-order valence-corrected chi connectivity index (χ1v) is 5.32. The average Bonchev–Trinajstić information content (AvgIpc) is 2.72. The van der Waals surface area contributed by atoms with E-state index >= 15 is 0 Å². The highest BCUT2D eigenvalue weighted by atomic mass is 35.5. The van der Waals surface area contributed by atoms with Crippen LogP contribution in [0.3, 0.4) is 0 Å². The Kier molecular flexibility index (Phi) is 4.20. The molecule has 0 spiro atoms. The second kappa shape index (κ2) is 4.99. The predicted molar refractivity (Wildman–Crippen MR) is 58.4 cm³/mol. The van der Waals surface area contributed by atoms with Crippen LogP contribution in [-0.4, -0.2) is 29.9 Å². The molecule has 1 saturated heterocycles. The zero-order valence-electron chi connectivity index (χ0n) is 8.45. The molecule has 0 radical (unpaired) electrons. The van der Waals surface area contributed by atoms with Crippen molar-refractivity contribution in [2.24, 2.45) is 11.7 Å². The third-order valence-electron chi connectivity index (χ3n) is 3.24. The average molecular weight is 219 g/mol. The highest BCUT2D eigenvalue weighted by Gasteiger charge is 2.31. The van der Waals surface area contributed by atoms with Gasteiger partial charge in [0.05, 0.1) is 0 Å². The van der Waals surface area contributed by atoms with E-state index in [2.05, 4.69) is 0 Å². The maximum Gasteiger partial charge on any atom is 0.225 e. The second-order valence-electron chi connectivity index (χ2n) is 4.30. The lowest BCUT2D eigenvalue weighted by Crippen LogP contribution is -2.33. The smallest absolute Gasteiger partial charge is 0.225 e. The van der Waals surface area contributed by atoms with E-state index in [1.165, 1.54) is 12.8 Å². The summed E-state index contributed by atoms with van der Waals surface area (Å²) in [6.07, 6.45) is 5.32. The molecule has 1 amide bonds. The van der Waals surface area contributed by atoms with Crippen LogP contribution >= 0.6 is 12.4 Å². The molecule has 2 rings (SSSR count). The molecule has 3 nitrogen and oxygen atoms in total. The van der Waals surface area contributed by atoms with E-state index in [-0.39, 0.29) is 24.4 Å². The third-order valence-corrected chi connectivity index (χ3v) is 3.24. The van der Waals surface area contributed by atoms with Gasteiger partial charge in [-0.05, 0) is 32.1 Å². The molecule has 82 valence electrons. The SMILES string of the molecule is Cl.N[C@H]1CC[C@@H](C(=O)N2CCCC2)C1. The highest BCUT2D eigenvalue weighted by molar-refractivity contribution is 5.85. The summed E-state index contributed by atoms with van der Waals surface area (Å²) in [7, 11) is 0. The van der Waals surface area contributed by atoms with Crippen LogP contribution in [0.4, 0.5) is 0 Å². The quantitative estimate of drug-likeness (QED) is 0.718. The summed E-state index contributed by atoms with van der Waals surface area (Å²) in [6, 6.07) is 0.275. The Bertz CT molecular complexity index is 204. The van der Waals surface area contributed by atoms with Gasteiger partial charge in [0.2, 0.25) is 5.91 Å². The third kappa shape index (κ3) is 2.39. The van der Waals surface area contributed by atoms with Crippen LogP contribution in [0, 0.1) is 5.92 Å². The Labute approximate surface area is 91.4 Å². The molecule has 0 aromatic heterocycles. The molecular formula is C10H19ClN2O. The molecule has 1 saturated carbocycles. The lowest BCUT2D eigenvalue weighted by atomic mass is 10.1. The summed E-state index contributed by atoms with van der Waals surface area (Å²) in [5, 5.41) is 0. The largest absolute Gasteiger partial charge is 0.342 e. The minimum Gasteiger partial charge on any atom is -0.342 e. The molecule has 0 aromatic rings. The number of carbonyl (C=O) groups excluding carboxylic acids is 1. The zero-order valence-corrected chi connectivity index (χ0v) is 9.26. The van der Waals surface area contributed by atoms with Crippen LogP contribution in [0.15, 0.2) is 0 Å². The lowest BCUT2D eigenvalue weighted by Gasteiger charge is -2.19. The molecule has 1 aliphatic heterocycles. The normalized spacial score (nSPS) is 31.6. The van der Waals surface area contributed by atoms with Gasteiger partial charge >= 0.3 is 0 Å². The molecule has 0 aromatic carbocycles. The van der Waals surface area contributed by atoms with Crippen LogP contribution in [0.25, 0.3) is 0 Å². The maximum atomic E-state index is 11.9. The molecule has 1 heterocycles. The fraction of sp³-hybridized carbons (Fsp3) is 0.900. The summed E-state index contributed by atoms with van der Waals surface area (Å²) in [4.78, 5) is 13.9. The van der Waals surface area contributed by atoms with Gasteiger partial charge in [-0.1, -0.05) is 0 Å². The number of nitrogens with zero attached hydrogens (tertiary/aromatic N) is 1. The molecule has 2 atom stereocenters. The van der Waals surface area contributed by atoms with E-state index in [0.29, 0.717) is 5.91 Å². The fourth-order valence-electron chi connectivity index (χ4n) is 2.44. The topological polar surface area (TPSA) is 46.3 Å². The summed E-state index contributed by atoms with van der Waals surface area (Å²) in [6.45, 7) is 1.95. The molecule has 2 fully saturated rings. The number of rotatable bonds is 1. The summed E-state index contributed by atoms with van der Waals surface area (Å²) in [5.41, 5.74) is 5.79. The molecule has 2 aliphatic rings. The summed E-state index contributed by atoms with van der Waals surface area (Å²) in [5.74, 6) is 0.610. The van der Waals surface area contributed by atoms with Crippen molar-refractivity contribution in [1.29, 1.82) is 0 Å². The molecule has 0 bridgehead atoms. The number of likely N-dealkylation sites (tertiary alicyclic amines) is 1. The van der Waals surface area contributed by atoms with Gasteiger partial charge in [-0.3, -0.25) is 4.79 Å². The van der Waals surface area contributed by atoms with Gasteiger partial charge in [0.25, 0.3) is 0 Å².